The summed E-state index contributed by atoms with van der Waals surface area (Å²) < 4.78 is 11.1. The summed E-state index contributed by atoms with van der Waals surface area (Å²) in [6, 6.07) is 8.09. The quantitative estimate of drug-likeness (QED) is 0.862. The second-order valence-corrected chi connectivity index (χ2v) is 4.00. The Bertz CT molecular complexity index is 440. The minimum absolute atomic E-state index is 0.247. The number of nitrogens with one attached hydrogen (secondary N) is 1. The Hall–Kier alpha value is -1.73. The van der Waals surface area contributed by atoms with E-state index in [9.17, 15) is 0 Å². The van der Waals surface area contributed by atoms with Crippen molar-refractivity contribution in [2.45, 2.75) is 25.5 Å². The molecule has 0 fully saturated rings. The average Bonchev–Trinajstić information content (AvgIpc) is 2.78. The summed E-state index contributed by atoms with van der Waals surface area (Å²) in [4.78, 5) is 0. The van der Waals surface area contributed by atoms with Crippen molar-refractivity contribution in [3.05, 3.63) is 23.8 Å². The third-order valence-corrected chi connectivity index (χ3v) is 2.91. The van der Waals surface area contributed by atoms with Gasteiger partial charge in [-0.3, -0.25) is 0 Å². The first kappa shape index (κ1) is 11.7. The Kier molecular flexibility index (Phi) is 3.50. The summed E-state index contributed by atoms with van der Waals surface area (Å²) in [6.07, 6.45) is 0.280. The summed E-state index contributed by atoms with van der Waals surface area (Å²) in [7, 11) is 1.91. The van der Waals surface area contributed by atoms with Crippen LogP contribution < -0.4 is 14.8 Å². The van der Waals surface area contributed by atoms with E-state index in [1.165, 1.54) is 0 Å². The fraction of sp³-hybridized carbons (Fsp3) is 0.462. The maximum absolute atomic E-state index is 8.84. The number of nitriles is 1. The highest BCUT2D eigenvalue weighted by atomic mass is 16.5. The van der Waals surface area contributed by atoms with Crippen molar-refractivity contribution in [1.82, 2.24) is 5.32 Å². The Morgan fingerprint density at radius 1 is 1.65 bits per heavy atom. The SMILES string of the molecule is CCC(C#N)Oc1ccc2c(c1)OCC2NC. The molecule has 0 spiro atoms. The molecule has 90 valence electrons. The smallest absolute Gasteiger partial charge is 0.184 e. The van der Waals surface area contributed by atoms with Crippen LogP contribution in [0.1, 0.15) is 24.9 Å². The average molecular weight is 232 g/mol. The minimum Gasteiger partial charge on any atom is -0.491 e. The molecule has 0 aliphatic carbocycles. The molecule has 1 aromatic rings. The zero-order valence-corrected chi connectivity index (χ0v) is 10.1. The number of hydrogen-bond acceptors (Lipinski definition) is 4. The number of hydrogen-bond donors (Lipinski definition) is 1. The molecule has 1 aliphatic heterocycles. The number of fused-ring (bicyclic) bond motifs is 1. The molecule has 0 bridgehead atoms. The molecule has 1 heterocycles. The molecule has 2 unspecified atom stereocenters. The fourth-order valence-corrected chi connectivity index (χ4v) is 1.87. The van der Waals surface area contributed by atoms with Gasteiger partial charge in [0, 0.05) is 11.6 Å². The molecule has 1 N–H and O–H groups in total. The molecule has 1 aliphatic rings. The number of rotatable bonds is 4. The molecule has 2 atom stereocenters. The maximum atomic E-state index is 8.84. The first-order chi connectivity index (χ1) is 8.28. The summed E-state index contributed by atoms with van der Waals surface area (Å²) in [5.74, 6) is 1.53. The van der Waals surface area contributed by atoms with E-state index in [1.807, 2.05) is 32.2 Å². The summed E-state index contributed by atoms with van der Waals surface area (Å²) >= 11 is 0. The van der Waals surface area contributed by atoms with Crippen molar-refractivity contribution in [2.24, 2.45) is 0 Å². The van der Waals surface area contributed by atoms with Gasteiger partial charge in [0.05, 0.1) is 6.04 Å². The third-order valence-electron chi connectivity index (χ3n) is 2.91. The van der Waals surface area contributed by atoms with Gasteiger partial charge in [0.1, 0.15) is 24.2 Å². The zero-order chi connectivity index (χ0) is 12.3. The van der Waals surface area contributed by atoms with Crippen LogP contribution in [-0.2, 0) is 0 Å². The van der Waals surface area contributed by atoms with Crippen LogP contribution in [0, 0.1) is 11.3 Å². The van der Waals surface area contributed by atoms with E-state index in [0.29, 0.717) is 18.8 Å². The molecule has 0 saturated heterocycles. The van der Waals surface area contributed by atoms with E-state index in [1.54, 1.807) is 0 Å². The van der Waals surface area contributed by atoms with Crippen LogP contribution >= 0.6 is 0 Å². The van der Waals surface area contributed by atoms with Crippen LogP contribution in [-0.4, -0.2) is 19.8 Å². The topological polar surface area (TPSA) is 54.3 Å². The molecule has 1 aromatic carbocycles. The number of benzene rings is 1. The monoisotopic (exact) mass is 232 g/mol. The zero-order valence-electron chi connectivity index (χ0n) is 10.1. The largest absolute Gasteiger partial charge is 0.491 e. The Labute approximate surface area is 101 Å². The van der Waals surface area contributed by atoms with Crippen LogP contribution in [0.4, 0.5) is 0 Å². The molecule has 4 heteroatoms. The number of ether oxygens (including phenoxy) is 2. The van der Waals surface area contributed by atoms with Crippen molar-refractivity contribution in [1.29, 1.82) is 5.26 Å². The number of nitrogens with zero attached hydrogens (tertiary/aromatic N) is 1. The van der Waals surface area contributed by atoms with Crippen LogP contribution in [0.25, 0.3) is 0 Å². The van der Waals surface area contributed by atoms with Crippen LogP contribution in [0.15, 0.2) is 18.2 Å². The molecule has 0 saturated carbocycles. The maximum Gasteiger partial charge on any atom is 0.184 e. The van der Waals surface area contributed by atoms with Gasteiger partial charge in [-0.1, -0.05) is 6.92 Å². The lowest BCUT2D eigenvalue weighted by Crippen LogP contribution is -2.17. The molecule has 0 radical (unpaired) electrons. The van der Waals surface area contributed by atoms with Gasteiger partial charge in [-0.2, -0.15) is 5.26 Å². The van der Waals surface area contributed by atoms with Crippen molar-refractivity contribution in [2.75, 3.05) is 13.7 Å². The van der Waals surface area contributed by atoms with Crippen LogP contribution in [0.3, 0.4) is 0 Å². The lowest BCUT2D eigenvalue weighted by atomic mass is 10.1. The second-order valence-electron chi connectivity index (χ2n) is 4.00. The highest BCUT2D eigenvalue weighted by molar-refractivity contribution is 5.45. The fourth-order valence-electron chi connectivity index (χ4n) is 1.87. The van der Waals surface area contributed by atoms with Crippen molar-refractivity contribution in [3.63, 3.8) is 0 Å². The predicted octanol–water partition coefficient (Wildman–Crippen LogP) is 2.02. The lowest BCUT2D eigenvalue weighted by Gasteiger charge is -2.11. The minimum atomic E-state index is -0.394. The normalized spacial score (nSPS) is 19.0. The Balaban J connectivity index is 2.16. The van der Waals surface area contributed by atoms with Gasteiger partial charge >= 0.3 is 0 Å². The van der Waals surface area contributed by atoms with Gasteiger partial charge in [-0.25, -0.2) is 0 Å². The predicted molar refractivity (Wildman–Crippen MR) is 64.1 cm³/mol. The van der Waals surface area contributed by atoms with Crippen LogP contribution in [0.2, 0.25) is 0 Å². The van der Waals surface area contributed by atoms with Gasteiger partial charge < -0.3 is 14.8 Å². The summed E-state index contributed by atoms with van der Waals surface area (Å²) in [5, 5.41) is 12.0. The van der Waals surface area contributed by atoms with E-state index in [4.69, 9.17) is 14.7 Å². The van der Waals surface area contributed by atoms with Gasteiger partial charge in [0.15, 0.2) is 6.10 Å². The van der Waals surface area contributed by atoms with E-state index in [0.717, 1.165) is 11.3 Å². The standard InChI is InChI=1S/C13H16N2O2/c1-3-9(7-14)17-10-4-5-11-12(15-2)8-16-13(11)6-10/h4-6,9,12,15H,3,8H2,1-2H3. The molecule has 0 amide bonds. The van der Waals surface area contributed by atoms with E-state index >= 15 is 0 Å². The molecule has 4 nitrogen and oxygen atoms in total. The second kappa shape index (κ2) is 5.07. The van der Waals surface area contributed by atoms with E-state index < -0.39 is 6.10 Å². The lowest BCUT2D eigenvalue weighted by molar-refractivity contribution is 0.250. The third kappa shape index (κ3) is 2.34. The van der Waals surface area contributed by atoms with Gasteiger partial charge in [0.25, 0.3) is 0 Å². The Morgan fingerprint density at radius 2 is 2.47 bits per heavy atom. The van der Waals surface area contributed by atoms with Crippen molar-refractivity contribution >= 4 is 0 Å². The van der Waals surface area contributed by atoms with Gasteiger partial charge in [-0.05, 0) is 25.6 Å². The Morgan fingerprint density at radius 3 is 3.12 bits per heavy atom. The summed E-state index contributed by atoms with van der Waals surface area (Å²) in [6.45, 7) is 2.57. The van der Waals surface area contributed by atoms with Crippen molar-refractivity contribution < 1.29 is 9.47 Å². The first-order valence-corrected chi connectivity index (χ1v) is 5.78. The molecular weight excluding hydrogens is 216 g/mol. The first-order valence-electron chi connectivity index (χ1n) is 5.78. The van der Waals surface area contributed by atoms with E-state index in [2.05, 4.69) is 11.4 Å². The number of likely N-dealkylation sites (N-methyl/N-ethyl adjacent to an activating group) is 1. The molecule has 17 heavy (non-hydrogen) atoms. The van der Waals surface area contributed by atoms with E-state index in [-0.39, 0.29) is 6.04 Å². The van der Waals surface area contributed by atoms with Crippen molar-refractivity contribution in [3.8, 4) is 17.6 Å². The molecule has 0 aromatic heterocycles. The molecule has 2 rings (SSSR count). The highest BCUT2D eigenvalue weighted by Crippen LogP contribution is 2.35. The van der Waals surface area contributed by atoms with Gasteiger partial charge in [0.2, 0.25) is 0 Å². The van der Waals surface area contributed by atoms with Crippen LogP contribution in [0.5, 0.6) is 11.5 Å². The summed E-state index contributed by atoms with van der Waals surface area (Å²) in [5.41, 5.74) is 1.14. The van der Waals surface area contributed by atoms with Gasteiger partial charge in [-0.15, -0.1) is 0 Å². The molecular formula is C13H16N2O2. The highest BCUT2D eigenvalue weighted by Gasteiger charge is 2.23.